The van der Waals surface area contributed by atoms with Crippen molar-refractivity contribution in [1.29, 1.82) is 0 Å². The molecule has 1 fully saturated rings. The van der Waals surface area contributed by atoms with Crippen LogP contribution in [0.15, 0.2) is 35.2 Å². The summed E-state index contributed by atoms with van der Waals surface area (Å²) in [6.07, 6.45) is 3.59. The molecule has 1 saturated heterocycles. The summed E-state index contributed by atoms with van der Waals surface area (Å²) in [6, 6.07) is 5.11. The summed E-state index contributed by atoms with van der Waals surface area (Å²) in [5, 5.41) is 3.23. The van der Waals surface area contributed by atoms with E-state index < -0.39 is 0 Å². The molecule has 0 aliphatic carbocycles. The zero-order chi connectivity index (χ0) is 11.8. The maximum atomic E-state index is 13.5. The zero-order valence-electron chi connectivity index (χ0n) is 9.03. The second-order valence-electron chi connectivity index (χ2n) is 4.14. The van der Waals surface area contributed by atoms with Crippen molar-refractivity contribution in [2.75, 3.05) is 13.1 Å². The molecule has 0 radical (unpaired) electrons. The van der Waals surface area contributed by atoms with E-state index in [1.165, 1.54) is 6.07 Å². The molecule has 2 heterocycles. The molecule has 2 aromatic rings. The predicted octanol–water partition coefficient (Wildman–Crippen LogP) is 2.46. The molecule has 1 aliphatic heterocycles. The molecule has 17 heavy (non-hydrogen) atoms. The second-order valence-corrected chi connectivity index (χ2v) is 5.00. The lowest BCUT2D eigenvalue weighted by atomic mass is 10.00. The van der Waals surface area contributed by atoms with Crippen LogP contribution in [0.2, 0.25) is 0 Å². The van der Waals surface area contributed by atoms with E-state index in [1.807, 2.05) is 16.8 Å². The minimum atomic E-state index is -0.256. The molecule has 0 bridgehead atoms. The smallest absolute Gasteiger partial charge is 0.139 e. The highest BCUT2D eigenvalue weighted by molar-refractivity contribution is 9.10. The van der Waals surface area contributed by atoms with E-state index in [0.717, 1.165) is 24.5 Å². The SMILES string of the molecule is Fc1cc(-n2cncc2C2CNC2)ccc1Br. The number of halogens is 2. The number of nitrogens with zero attached hydrogens (tertiary/aromatic N) is 2. The molecule has 1 aromatic carbocycles. The Morgan fingerprint density at radius 2 is 2.24 bits per heavy atom. The molecule has 0 amide bonds. The maximum absolute atomic E-state index is 13.5. The fourth-order valence-electron chi connectivity index (χ4n) is 1.96. The van der Waals surface area contributed by atoms with Gasteiger partial charge in [-0.2, -0.15) is 0 Å². The van der Waals surface area contributed by atoms with E-state index in [1.54, 1.807) is 12.4 Å². The number of benzene rings is 1. The molecule has 0 atom stereocenters. The Morgan fingerprint density at radius 1 is 1.41 bits per heavy atom. The number of nitrogens with one attached hydrogen (secondary N) is 1. The van der Waals surface area contributed by atoms with Crippen molar-refractivity contribution in [1.82, 2.24) is 14.9 Å². The van der Waals surface area contributed by atoms with Crippen LogP contribution in [-0.4, -0.2) is 22.6 Å². The van der Waals surface area contributed by atoms with Crippen LogP contribution >= 0.6 is 15.9 Å². The lowest BCUT2D eigenvalue weighted by Crippen LogP contribution is -2.40. The lowest BCUT2D eigenvalue weighted by Gasteiger charge is -2.27. The highest BCUT2D eigenvalue weighted by Gasteiger charge is 2.22. The van der Waals surface area contributed by atoms with Crippen LogP contribution in [0.5, 0.6) is 0 Å². The molecule has 0 saturated carbocycles. The van der Waals surface area contributed by atoms with Crippen molar-refractivity contribution in [2.45, 2.75) is 5.92 Å². The van der Waals surface area contributed by atoms with E-state index in [9.17, 15) is 4.39 Å². The Morgan fingerprint density at radius 3 is 2.88 bits per heavy atom. The topological polar surface area (TPSA) is 29.9 Å². The van der Waals surface area contributed by atoms with Gasteiger partial charge in [-0.05, 0) is 34.1 Å². The van der Waals surface area contributed by atoms with Crippen molar-refractivity contribution < 1.29 is 4.39 Å². The summed E-state index contributed by atoms with van der Waals surface area (Å²) in [5.74, 6) is 0.220. The first-order chi connectivity index (χ1) is 8.25. The summed E-state index contributed by atoms with van der Waals surface area (Å²) >= 11 is 3.16. The van der Waals surface area contributed by atoms with Crippen molar-refractivity contribution in [3.05, 3.63) is 46.7 Å². The Labute approximate surface area is 107 Å². The van der Waals surface area contributed by atoms with E-state index >= 15 is 0 Å². The fourth-order valence-corrected chi connectivity index (χ4v) is 2.20. The van der Waals surface area contributed by atoms with Crippen LogP contribution in [0.1, 0.15) is 11.6 Å². The molecule has 1 aromatic heterocycles. The van der Waals surface area contributed by atoms with Gasteiger partial charge in [0.25, 0.3) is 0 Å². The summed E-state index contributed by atoms with van der Waals surface area (Å²) in [5.41, 5.74) is 1.94. The predicted molar refractivity (Wildman–Crippen MR) is 66.8 cm³/mol. The third kappa shape index (κ3) is 1.89. The molecular formula is C12H11BrFN3. The number of hydrogen-bond donors (Lipinski definition) is 1. The van der Waals surface area contributed by atoms with Crippen molar-refractivity contribution in [2.24, 2.45) is 0 Å². The van der Waals surface area contributed by atoms with E-state index in [0.29, 0.717) is 10.4 Å². The second kappa shape index (κ2) is 4.23. The molecule has 3 nitrogen and oxygen atoms in total. The maximum Gasteiger partial charge on any atom is 0.139 e. The third-order valence-corrected chi connectivity index (χ3v) is 3.69. The van der Waals surface area contributed by atoms with Gasteiger partial charge < -0.3 is 9.88 Å². The zero-order valence-corrected chi connectivity index (χ0v) is 10.6. The van der Waals surface area contributed by atoms with Gasteiger partial charge in [-0.1, -0.05) is 0 Å². The van der Waals surface area contributed by atoms with Gasteiger partial charge in [-0.3, -0.25) is 0 Å². The summed E-state index contributed by atoms with van der Waals surface area (Å²) in [6.45, 7) is 1.93. The summed E-state index contributed by atoms with van der Waals surface area (Å²) in [4.78, 5) is 4.15. The van der Waals surface area contributed by atoms with Gasteiger partial charge in [0.2, 0.25) is 0 Å². The minimum Gasteiger partial charge on any atom is -0.315 e. The van der Waals surface area contributed by atoms with Crippen LogP contribution in [0.3, 0.4) is 0 Å². The monoisotopic (exact) mass is 295 g/mol. The summed E-state index contributed by atoms with van der Waals surface area (Å²) in [7, 11) is 0. The fraction of sp³-hybridized carbons (Fsp3) is 0.250. The molecule has 0 spiro atoms. The van der Waals surface area contributed by atoms with Gasteiger partial charge >= 0.3 is 0 Å². The first-order valence-corrected chi connectivity index (χ1v) is 6.23. The average molecular weight is 296 g/mol. The van der Waals surface area contributed by atoms with Gasteiger partial charge in [0.1, 0.15) is 5.82 Å². The van der Waals surface area contributed by atoms with E-state index in [2.05, 4.69) is 26.2 Å². The highest BCUT2D eigenvalue weighted by Crippen LogP contribution is 2.24. The molecule has 0 unspecified atom stereocenters. The lowest BCUT2D eigenvalue weighted by molar-refractivity contribution is 0.435. The Balaban J connectivity index is 2.02. The van der Waals surface area contributed by atoms with Crippen molar-refractivity contribution in [3.63, 3.8) is 0 Å². The number of imidazole rings is 1. The number of rotatable bonds is 2. The Hall–Kier alpha value is -1.20. The average Bonchev–Trinajstić information content (AvgIpc) is 2.68. The van der Waals surface area contributed by atoms with Crippen LogP contribution in [0.25, 0.3) is 5.69 Å². The Kier molecular flexibility index (Phi) is 2.72. The molecule has 5 heteroatoms. The first-order valence-electron chi connectivity index (χ1n) is 5.44. The quantitative estimate of drug-likeness (QED) is 0.922. The molecule has 88 valence electrons. The van der Waals surface area contributed by atoms with Gasteiger partial charge in [-0.15, -0.1) is 0 Å². The normalized spacial score (nSPS) is 15.9. The van der Waals surface area contributed by atoms with Crippen molar-refractivity contribution >= 4 is 15.9 Å². The number of aromatic nitrogens is 2. The highest BCUT2D eigenvalue weighted by atomic mass is 79.9. The molecule has 1 aliphatic rings. The van der Waals surface area contributed by atoms with Crippen molar-refractivity contribution in [3.8, 4) is 5.69 Å². The van der Waals surface area contributed by atoms with Gasteiger partial charge in [0, 0.05) is 36.6 Å². The van der Waals surface area contributed by atoms with Gasteiger partial charge in [-0.25, -0.2) is 9.37 Å². The summed E-state index contributed by atoms with van der Waals surface area (Å²) < 4.78 is 15.9. The molecular weight excluding hydrogens is 285 g/mol. The van der Waals surface area contributed by atoms with Gasteiger partial charge in [0.15, 0.2) is 0 Å². The third-order valence-electron chi connectivity index (χ3n) is 3.05. The van der Waals surface area contributed by atoms with Crippen LogP contribution < -0.4 is 5.32 Å². The Bertz CT molecular complexity index is 548. The molecule has 3 rings (SSSR count). The molecule has 1 N–H and O–H groups in total. The largest absolute Gasteiger partial charge is 0.315 e. The standard InChI is InChI=1S/C12H11BrFN3/c13-10-2-1-9(3-11(10)14)17-7-16-6-12(17)8-4-15-5-8/h1-3,6-8,15H,4-5H2. The van der Waals surface area contributed by atoms with Crippen LogP contribution in [0, 0.1) is 5.82 Å². The van der Waals surface area contributed by atoms with Crippen LogP contribution in [0.4, 0.5) is 4.39 Å². The number of hydrogen-bond acceptors (Lipinski definition) is 2. The first kappa shape index (κ1) is 10.9. The van der Waals surface area contributed by atoms with Crippen LogP contribution in [-0.2, 0) is 0 Å². The minimum absolute atomic E-state index is 0.256. The van der Waals surface area contributed by atoms with E-state index in [-0.39, 0.29) is 5.82 Å². The van der Waals surface area contributed by atoms with Gasteiger partial charge in [0.05, 0.1) is 10.8 Å². The van der Waals surface area contributed by atoms with E-state index in [4.69, 9.17) is 0 Å².